The Morgan fingerprint density at radius 3 is 2.44 bits per heavy atom. The Morgan fingerprint density at radius 1 is 1.56 bits per heavy atom. The Morgan fingerprint density at radius 2 is 2.22 bits per heavy atom. The van der Waals surface area contributed by atoms with Crippen molar-refractivity contribution >= 4 is 0 Å². The Bertz CT molecular complexity index is 90.9. The van der Waals surface area contributed by atoms with E-state index in [1.165, 1.54) is 0 Å². The monoisotopic (exact) mass is 128 g/mol. The van der Waals surface area contributed by atoms with Crippen LogP contribution in [-0.4, -0.2) is 31.2 Å². The Hall–Kier alpha value is -0.0800. The van der Waals surface area contributed by atoms with Crippen molar-refractivity contribution in [1.29, 1.82) is 0 Å². The third-order valence-corrected chi connectivity index (χ3v) is 2.05. The van der Waals surface area contributed by atoms with Gasteiger partial charge in [-0.05, 0) is 13.0 Å². The van der Waals surface area contributed by atoms with Crippen LogP contribution < -0.4 is 5.32 Å². The summed E-state index contributed by atoms with van der Waals surface area (Å²) in [5.74, 6) is 0.782. The van der Waals surface area contributed by atoms with Crippen LogP contribution in [-0.2, 0) is 0 Å². The molecular formula is C7H16N2. The molecule has 1 N–H and O–H groups in total. The summed E-state index contributed by atoms with van der Waals surface area (Å²) in [6, 6.07) is 0.755. The molecule has 0 aliphatic carbocycles. The van der Waals surface area contributed by atoms with E-state index < -0.39 is 0 Å². The lowest BCUT2D eigenvalue weighted by atomic mass is 10.1. The van der Waals surface area contributed by atoms with Gasteiger partial charge in [0.15, 0.2) is 0 Å². The van der Waals surface area contributed by atoms with Crippen molar-refractivity contribution < 1.29 is 0 Å². The molecule has 0 aromatic heterocycles. The van der Waals surface area contributed by atoms with Gasteiger partial charge in [0, 0.05) is 19.3 Å². The van der Waals surface area contributed by atoms with Crippen molar-refractivity contribution in [1.82, 2.24) is 10.2 Å². The van der Waals surface area contributed by atoms with E-state index in [1.54, 1.807) is 0 Å². The zero-order chi connectivity index (χ0) is 6.85. The van der Waals surface area contributed by atoms with E-state index in [4.69, 9.17) is 0 Å². The second kappa shape index (κ2) is 2.67. The fourth-order valence-electron chi connectivity index (χ4n) is 1.41. The molecule has 0 aromatic carbocycles. The number of likely N-dealkylation sites (N-methyl/N-ethyl adjacent to an activating group) is 1. The molecule has 54 valence electrons. The highest BCUT2D eigenvalue weighted by atomic mass is 15.3. The van der Waals surface area contributed by atoms with Crippen LogP contribution in [0.3, 0.4) is 0 Å². The highest BCUT2D eigenvalue weighted by Crippen LogP contribution is 2.10. The molecule has 1 atom stereocenters. The summed E-state index contributed by atoms with van der Waals surface area (Å²) in [6.45, 7) is 6.76. The van der Waals surface area contributed by atoms with Crippen LogP contribution in [0.2, 0.25) is 0 Å². The first kappa shape index (κ1) is 7.03. The SMILES string of the molecule is CC(C)C1CNCN1C. The predicted octanol–water partition coefficient (Wildman–Crippen LogP) is 0.504. The van der Waals surface area contributed by atoms with E-state index >= 15 is 0 Å². The Labute approximate surface area is 57.2 Å². The van der Waals surface area contributed by atoms with E-state index in [-0.39, 0.29) is 0 Å². The van der Waals surface area contributed by atoms with E-state index in [9.17, 15) is 0 Å². The Balaban J connectivity index is 2.40. The minimum absolute atomic E-state index is 0.755. The zero-order valence-electron chi connectivity index (χ0n) is 6.52. The molecule has 2 nitrogen and oxygen atoms in total. The highest BCUT2D eigenvalue weighted by molar-refractivity contribution is 4.79. The maximum absolute atomic E-state index is 3.33. The van der Waals surface area contributed by atoms with E-state index in [1.807, 2.05) is 0 Å². The van der Waals surface area contributed by atoms with Gasteiger partial charge in [-0.1, -0.05) is 13.8 Å². The number of nitrogens with one attached hydrogen (secondary N) is 1. The van der Waals surface area contributed by atoms with Gasteiger partial charge in [-0.2, -0.15) is 0 Å². The molecule has 0 aromatic rings. The van der Waals surface area contributed by atoms with Crippen LogP contribution in [0.25, 0.3) is 0 Å². The Kier molecular flexibility index (Phi) is 2.09. The number of nitrogens with zero attached hydrogens (tertiary/aromatic N) is 1. The minimum Gasteiger partial charge on any atom is -0.303 e. The number of hydrogen-bond donors (Lipinski definition) is 1. The second-order valence-corrected chi connectivity index (χ2v) is 3.18. The van der Waals surface area contributed by atoms with Gasteiger partial charge in [-0.3, -0.25) is 4.90 Å². The number of hydrogen-bond acceptors (Lipinski definition) is 2. The van der Waals surface area contributed by atoms with Crippen molar-refractivity contribution in [3.63, 3.8) is 0 Å². The molecule has 1 aliphatic heterocycles. The van der Waals surface area contributed by atoms with E-state index in [0.29, 0.717) is 0 Å². The van der Waals surface area contributed by atoms with Crippen LogP contribution in [0.5, 0.6) is 0 Å². The highest BCUT2D eigenvalue weighted by Gasteiger charge is 2.22. The molecule has 0 bridgehead atoms. The summed E-state index contributed by atoms with van der Waals surface area (Å²) in [5, 5.41) is 3.33. The van der Waals surface area contributed by atoms with Gasteiger partial charge in [0.05, 0.1) is 0 Å². The number of rotatable bonds is 1. The standard InChI is InChI=1S/C7H16N2/c1-6(2)7-4-8-5-9(7)3/h6-8H,4-5H2,1-3H3. The first-order valence-corrected chi connectivity index (χ1v) is 3.63. The van der Waals surface area contributed by atoms with E-state index in [2.05, 4.69) is 31.1 Å². The first-order chi connectivity index (χ1) is 4.22. The molecular weight excluding hydrogens is 112 g/mol. The third-order valence-electron chi connectivity index (χ3n) is 2.05. The van der Waals surface area contributed by atoms with Gasteiger partial charge in [0.2, 0.25) is 0 Å². The molecule has 9 heavy (non-hydrogen) atoms. The molecule has 1 fully saturated rings. The van der Waals surface area contributed by atoms with Crippen LogP contribution in [0.15, 0.2) is 0 Å². The van der Waals surface area contributed by atoms with Crippen molar-refractivity contribution in [3.05, 3.63) is 0 Å². The summed E-state index contributed by atoms with van der Waals surface area (Å²) >= 11 is 0. The van der Waals surface area contributed by atoms with Gasteiger partial charge in [0.1, 0.15) is 0 Å². The average molecular weight is 128 g/mol. The van der Waals surface area contributed by atoms with Crippen molar-refractivity contribution in [2.24, 2.45) is 5.92 Å². The topological polar surface area (TPSA) is 15.3 Å². The molecule has 1 aliphatic rings. The van der Waals surface area contributed by atoms with Crippen molar-refractivity contribution in [2.45, 2.75) is 19.9 Å². The predicted molar refractivity (Wildman–Crippen MR) is 39.3 cm³/mol. The normalized spacial score (nSPS) is 30.0. The first-order valence-electron chi connectivity index (χ1n) is 3.63. The smallest absolute Gasteiger partial charge is 0.0481 e. The molecule has 2 heteroatoms. The molecule has 0 amide bonds. The second-order valence-electron chi connectivity index (χ2n) is 3.18. The van der Waals surface area contributed by atoms with Gasteiger partial charge < -0.3 is 5.32 Å². The fourth-order valence-corrected chi connectivity index (χ4v) is 1.41. The third kappa shape index (κ3) is 1.43. The molecule has 1 heterocycles. The molecule has 1 rings (SSSR count). The van der Waals surface area contributed by atoms with Gasteiger partial charge >= 0.3 is 0 Å². The van der Waals surface area contributed by atoms with Crippen LogP contribution in [0.4, 0.5) is 0 Å². The lowest BCUT2D eigenvalue weighted by molar-refractivity contribution is 0.258. The van der Waals surface area contributed by atoms with Gasteiger partial charge in [0.25, 0.3) is 0 Å². The summed E-state index contributed by atoms with van der Waals surface area (Å²) in [5.41, 5.74) is 0. The quantitative estimate of drug-likeness (QED) is 0.553. The van der Waals surface area contributed by atoms with Crippen molar-refractivity contribution in [2.75, 3.05) is 20.3 Å². The van der Waals surface area contributed by atoms with Crippen LogP contribution in [0.1, 0.15) is 13.8 Å². The zero-order valence-corrected chi connectivity index (χ0v) is 6.52. The fraction of sp³-hybridized carbons (Fsp3) is 1.00. The molecule has 0 spiro atoms. The summed E-state index contributed by atoms with van der Waals surface area (Å²) in [7, 11) is 2.17. The van der Waals surface area contributed by atoms with Crippen LogP contribution in [0, 0.1) is 5.92 Å². The molecule has 1 unspecified atom stereocenters. The summed E-state index contributed by atoms with van der Waals surface area (Å²) in [6.07, 6.45) is 0. The molecule has 1 saturated heterocycles. The van der Waals surface area contributed by atoms with Gasteiger partial charge in [-0.15, -0.1) is 0 Å². The minimum atomic E-state index is 0.755. The molecule has 0 saturated carbocycles. The van der Waals surface area contributed by atoms with Crippen molar-refractivity contribution in [3.8, 4) is 0 Å². The maximum Gasteiger partial charge on any atom is 0.0481 e. The summed E-state index contributed by atoms with van der Waals surface area (Å²) < 4.78 is 0. The van der Waals surface area contributed by atoms with Gasteiger partial charge in [-0.25, -0.2) is 0 Å². The molecule has 0 radical (unpaired) electrons. The lowest BCUT2D eigenvalue weighted by Crippen LogP contribution is -2.31. The van der Waals surface area contributed by atoms with E-state index in [0.717, 1.165) is 25.2 Å². The largest absolute Gasteiger partial charge is 0.303 e. The summed E-state index contributed by atoms with van der Waals surface area (Å²) in [4.78, 5) is 2.37. The average Bonchev–Trinajstić information content (AvgIpc) is 2.13. The van der Waals surface area contributed by atoms with Crippen LogP contribution >= 0.6 is 0 Å². The lowest BCUT2D eigenvalue weighted by Gasteiger charge is -2.21. The maximum atomic E-state index is 3.33.